The summed E-state index contributed by atoms with van der Waals surface area (Å²) in [7, 11) is 1.61. The van der Waals surface area contributed by atoms with Gasteiger partial charge in [-0.15, -0.1) is 11.3 Å². The topological polar surface area (TPSA) is 62.4 Å². The van der Waals surface area contributed by atoms with Gasteiger partial charge >= 0.3 is 0 Å². The van der Waals surface area contributed by atoms with Crippen LogP contribution in [0.25, 0.3) is 0 Å². The Hall–Kier alpha value is -0.890. The van der Waals surface area contributed by atoms with Gasteiger partial charge in [0.2, 0.25) is 0 Å². The summed E-state index contributed by atoms with van der Waals surface area (Å²) in [5.74, 6) is -0.282. The number of hydrogen-bond acceptors (Lipinski definition) is 4. The van der Waals surface area contributed by atoms with E-state index in [1.807, 2.05) is 6.92 Å². The summed E-state index contributed by atoms with van der Waals surface area (Å²) in [6.07, 6.45) is 0. The number of carbonyl (C=O) groups excluding carboxylic acids is 1. The third-order valence-corrected chi connectivity index (χ3v) is 3.33. The SMILES string of the molecule is COC[C@H](C)NC(=S)NNC(=O)c1ccc(Cl)s1. The number of nitrogens with one attached hydrogen (secondary N) is 3. The summed E-state index contributed by atoms with van der Waals surface area (Å²) in [5.41, 5.74) is 5.09. The highest BCUT2D eigenvalue weighted by atomic mass is 35.5. The number of carbonyl (C=O) groups is 1. The van der Waals surface area contributed by atoms with E-state index in [0.29, 0.717) is 20.9 Å². The van der Waals surface area contributed by atoms with Gasteiger partial charge in [0.15, 0.2) is 5.11 Å². The summed E-state index contributed by atoms with van der Waals surface area (Å²) in [6, 6.07) is 3.37. The molecule has 18 heavy (non-hydrogen) atoms. The van der Waals surface area contributed by atoms with Crippen LogP contribution in [-0.4, -0.2) is 30.8 Å². The fourth-order valence-corrected chi connectivity index (χ4v) is 2.35. The van der Waals surface area contributed by atoms with E-state index in [1.165, 1.54) is 11.3 Å². The molecule has 0 spiro atoms. The molecule has 100 valence electrons. The number of hydrazine groups is 1. The van der Waals surface area contributed by atoms with E-state index in [4.69, 9.17) is 28.6 Å². The van der Waals surface area contributed by atoms with Crippen LogP contribution in [0, 0.1) is 0 Å². The Morgan fingerprint density at radius 3 is 2.83 bits per heavy atom. The van der Waals surface area contributed by atoms with Gasteiger partial charge in [-0.25, -0.2) is 0 Å². The van der Waals surface area contributed by atoms with Gasteiger partial charge < -0.3 is 10.1 Å². The molecule has 0 aliphatic heterocycles. The van der Waals surface area contributed by atoms with E-state index in [0.717, 1.165) is 0 Å². The van der Waals surface area contributed by atoms with Gasteiger partial charge in [0.05, 0.1) is 15.8 Å². The van der Waals surface area contributed by atoms with E-state index < -0.39 is 0 Å². The molecule has 1 atom stereocenters. The second kappa shape index (κ2) is 7.52. The zero-order chi connectivity index (χ0) is 13.5. The lowest BCUT2D eigenvalue weighted by Crippen LogP contribution is -2.49. The first-order valence-electron chi connectivity index (χ1n) is 5.14. The van der Waals surface area contributed by atoms with Crippen molar-refractivity contribution in [2.24, 2.45) is 0 Å². The number of ether oxygens (including phenoxy) is 1. The fourth-order valence-electron chi connectivity index (χ4n) is 1.16. The van der Waals surface area contributed by atoms with E-state index in [-0.39, 0.29) is 11.9 Å². The maximum atomic E-state index is 11.6. The maximum Gasteiger partial charge on any atom is 0.279 e. The molecule has 0 aliphatic carbocycles. The van der Waals surface area contributed by atoms with Crippen molar-refractivity contribution < 1.29 is 9.53 Å². The summed E-state index contributed by atoms with van der Waals surface area (Å²) in [6.45, 7) is 2.44. The molecule has 0 fully saturated rings. The first-order valence-corrected chi connectivity index (χ1v) is 6.74. The molecular weight excluding hydrogens is 294 g/mol. The Morgan fingerprint density at radius 2 is 2.28 bits per heavy atom. The molecule has 1 heterocycles. The second-order valence-electron chi connectivity index (χ2n) is 3.51. The minimum atomic E-state index is -0.282. The Morgan fingerprint density at radius 1 is 1.56 bits per heavy atom. The average molecular weight is 308 g/mol. The van der Waals surface area contributed by atoms with E-state index in [2.05, 4.69) is 16.2 Å². The molecule has 1 rings (SSSR count). The van der Waals surface area contributed by atoms with Gasteiger partial charge in [0.25, 0.3) is 5.91 Å². The Labute approximate surface area is 120 Å². The average Bonchev–Trinajstić information content (AvgIpc) is 2.73. The summed E-state index contributed by atoms with van der Waals surface area (Å²) in [4.78, 5) is 12.2. The smallest absolute Gasteiger partial charge is 0.279 e. The molecule has 1 aromatic rings. The molecule has 0 unspecified atom stereocenters. The fraction of sp³-hybridized carbons (Fsp3) is 0.400. The standard InChI is InChI=1S/C10H14ClN3O2S2/c1-6(5-16-2)12-10(17)14-13-9(15)7-3-4-8(11)18-7/h3-4,6H,5H2,1-2H3,(H,13,15)(H2,12,14,17)/t6-/m0/s1. The zero-order valence-corrected chi connectivity index (χ0v) is 12.3. The maximum absolute atomic E-state index is 11.6. The molecule has 0 saturated heterocycles. The highest BCUT2D eigenvalue weighted by Gasteiger charge is 2.09. The first kappa shape index (κ1) is 15.2. The molecule has 0 saturated carbocycles. The van der Waals surface area contributed by atoms with Crippen LogP contribution in [0.1, 0.15) is 16.6 Å². The molecule has 0 radical (unpaired) electrons. The Balaban J connectivity index is 2.32. The minimum absolute atomic E-state index is 0.0584. The van der Waals surface area contributed by atoms with E-state index >= 15 is 0 Å². The third kappa shape index (κ3) is 5.18. The number of methoxy groups -OCH3 is 1. The number of hydrogen-bond donors (Lipinski definition) is 3. The summed E-state index contributed by atoms with van der Waals surface area (Å²) < 4.78 is 5.52. The van der Waals surface area contributed by atoms with Crippen LogP contribution >= 0.6 is 35.2 Å². The molecule has 1 amide bonds. The van der Waals surface area contributed by atoms with Gasteiger partial charge in [-0.05, 0) is 31.3 Å². The van der Waals surface area contributed by atoms with Crippen LogP contribution in [0.3, 0.4) is 0 Å². The van der Waals surface area contributed by atoms with Crippen molar-refractivity contribution in [3.8, 4) is 0 Å². The molecule has 0 aliphatic rings. The van der Waals surface area contributed by atoms with Gasteiger partial charge in [-0.3, -0.25) is 15.6 Å². The van der Waals surface area contributed by atoms with Crippen LogP contribution in [0.2, 0.25) is 4.34 Å². The van der Waals surface area contributed by atoms with Gasteiger partial charge in [-0.2, -0.15) is 0 Å². The second-order valence-corrected chi connectivity index (χ2v) is 5.64. The van der Waals surface area contributed by atoms with Crippen LogP contribution < -0.4 is 16.2 Å². The van der Waals surface area contributed by atoms with Crippen molar-refractivity contribution in [2.75, 3.05) is 13.7 Å². The first-order chi connectivity index (χ1) is 8.52. The van der Waals surface area contributed by atoms with E-state index in [1.54, 1.807) is 19.2 Å². The molecule has 0 aromatic carbocycles. The van der Waals surface area contributed by atoms with Crippen molar-refractivity contribution in [3.05, 3.63) is 21.3 Å². The third-order valence-electron chi connectivity index (χ3n) is 1.88. The molecular formula is C10H14ClN3O2S2. The van der Waals surface area contributed by atoms with E-state index in [9.17, 15) is 4.79 Å². The summed E-state index contributed by atoms with van der Waals surface area (Å²) >= 11 is 11.9. The monoisotopic (exact) mass is 307 g/mol. The molecule has 0 bridgehead atoms. The summed E-state index contributed by atoms with van der Waals surface area (Å²) in [5, 5.41) is 3.28. The number of thiophene rings is 1. The lowest BCUT2D eigenvalue weighted by atomic mass is 10.4. The van der Waals surface area contributed by atoms with Crippen molar-refractivity contribution >= 4 is 46.2 Å². The molecule has 8 heteroatoms. The quantitative estimate of drug-likeness (QED) is 0.582. The Kier molecular flexibility index (Phi) is 6.34. The molecule has 3 N–H and O–H groups in total. The van der Waals surface area contributed by atoms with Crippen LogP contribution in [0.5, 0.6) is 0 Å². The van der Waals surface area contributed by atoms with Gasteiger partial charge in [0, 0.05) is 13.2 Å². The van der Waals surface area contributed by atoms with Crippen molar-refractivity contribution in [1.82, 2.24) is 16.2 Å². The number of halogens is 1. The normalized spacial score (nSPS) is 11.7. The largest absolute Gasteiger partial charge is 0.383 e. The van der Waals surface area contributed by atoms with Gasteiger partial charge in [0.1, 0.15) is 0 Å². The zero-order valence-electron chi connectivity index (χ0n) is 9.95. The Bertz CT molecular complexity index is 425. The van der Waals surface area contributed by atoms with Crippen molar-refractivity contribution in [2.45, 2.75) is 13.0 Å². The van der Waals surface area contributed by atoms with Crippen molar-refractivity contribution in [3.63, 3.8) is 0 Å². The van der Waals surface area contributed by atoms with Crippen LogP contribution in [0.15, 0.2) is 12.1 Å². The highest BCUT2D eigenvalue weighted by molar-refractivity contribution is 7.80. The van der Waals surface area contributed by atoms with Crippen LogP contribution in [0.4, 0.5) is 0 Å². The predicted molar refractivity (Wildman–Crippen MR) is 77.0 cm³/mol. The van der Waals surface area contributed by atoms with Gasteiger partial charge in [-0.1, -0.05) is 11.6 Å². The van der Waals surface area contributed by atoms with Crippen LogP contribution in [-0.2, 0) is 4.74 Å². The minimum Gasteiger partial charge on any atom is -0.383 e. The lowest BCUT2D eigenvalue weighted by Gasteiger charge is -2.16. The number of rotatable bonds is 4. The predicted octanol–water partition coefficient (Wildman–Crippen LogP) is 1.55. The lowest BCUT2D eigenvalue weighted by molar-refractivity contribution is 0.0947. The molecule has 1 aromatic heterocycles. The number of thiocarbonyl (C=S) groups is 1. The highest BCUT2D eigenvalue weighted by Crippen LogP contribution is 2.20. The van der Waals surface area contributed by atoms with Crippen molar-refractivity contribution in [1.29, 1.82) is 0 Å². The molecule has 5 nitrogen and oxygen atoms in total. The number of amides is 1.